The Bertz CT molecular complexity index is 431. The van der Waals surface area contributed by atoms with Crippen LogP contribution >= 0.6 is 0 Å². The third kappa shape index (κ3) is 3.59. The Hall–Kier alpha value is -1.30. The number of benzene rings is 1. The summed E-state index contributed by atoms with van der Waals surface area (Å²) in [5.41, 5.74) is -0.242. The second-order valence-corrected chi connectivity index (χ2v) is 5.32. The van der Waals surface area contributed by atoms with E-state index in [0.29, 0.717) is 0 Å². The first-order valence-corrected chi connectivity index (χ1v) is 5.81. The van der Waals surface area contributed by atoms with Crippen molar-refractivity contribution in [2.24, 2.45) is 5.41 Å². The molecule has 0 amide bonds. The van der Waals surface area contributed by atoms with E-state index in [9.17, 15) is 17.6 Å². The number of rotatable bonds is 4. The fraction of sp³-hybridized carbons (Fsp3) is 0.538. The second kappa shape index (κ2) is 5.77. The van der Waals surface area contributed by atoms with E-state index in [1.165, 1.54) is 0 Å². The van der Waals surface area contributed by atoms with Crippen LogP contribution in [0.3, 0.4) is 0 Å². The predicted octanol–water partition coefficient (Wildman–Crippen LogP) is 3.26. The van der Waals surface area contributed by atoms with Crippen molar-refractivity contribution in [3.8, 4) is 5.75 Å². The molecule has 1 rings (SSSR count). The second-order valence-electron chi connectivity index (χ2n) is 5.32. The van der Waals surface area contributed by atoms with Crippen molar-refractivity contribution < 1.29 is 22.3 Å². The summed E-state index contributed by atoms with van der Waals surface area (Å²) in [5.74, 6) is -7.04. The molecule has 0 aliphatic carbocycles. The van der Waals surface area contributed by atoms with E-state index in [2.05, 4.69) is 5.32 Å². The van der Waals surface area contributed by atoms with Gasteiger partial charge in [0, 0.05) is 12.1 Å². The summed E-state index contributed by atoms with van der Waals surface area (Å²) >= 11 is 0. The summed E-state index contributed by atoms with van der Waals surface area (Å²) in [4.78, 5) is 0. The molecule has 2 nitrogen and oxygen atoms in total. The molecule has 0 aliphatic rings. The zero-order valence-electron chi connectivity index (χ0n) is 11.3. The third-order valence-electron chi connectivity index (χ3n) is 2.86. The molecule has 108 valence electrons. The van der Waals surface area contributed by atoms with E-state index in [-0.39, 0.29) is 24.1 Å². The van der Waals surface area contributed by atoms with Gasteiger partial charge in [0.2, 0.25) is 11.6 Å². The molecular formula is C13H17F4NO. The molecule has 1 atom stereocenters. The van der Waals surface area contributed by atoms with Gasteiger partial charge in [0.05, 0.1) is 0 Å². The lowest BCUT2D eigenvalue weighted by atomic mass is 9.87. The van der Waals surface area contributed by atoms with Gasteiger partial charge in [0.25, 0.3) is 0 Å². The minimum absolute atomic E-state index is 0.114. The van der Waals surface area contributed by atoms with E-state index in [4.69, 9.17) is 4.74 Å². The largest absolute Gasteiger partial charge is 0.486 e. The summed E-state index contributed by atoms with van der Waals surface area (Å²) < 4.78 is 57.6. The lowest BCUT2D eigenvalue weighted by molar-refractivity contribution is 0.169. The van der Waals surface area contributed by atoms with Crippen LogP contribution in [0.25, 0.3) is 0 Å². The first-order chi connectivity index (χ1) is 8.68. The Labute approximate surface area is 109 Å². The maximum absolute atomic E-state index is 13.4. The number of halogens is 4. The summed E-state index contributed by atoms with van der Waals surface area (Å²) in [6.07, 6.45) is 0. The van der Waals surface area contributed by atoms with Gasteiger partial charge in [-0.05, 0) is 12.5 Å². The highest BCUT2D eigenvalue weighted by molar-refractivity contribution is 5.28. The van der Waals surface area contributed by atoms with Gasteiger partial charge in [0.15, 0.2) is 17.4 Å². The van der Waals surface area contributed by atoms with Crippen LogP contribution in [0.4, 0.5) is 17.6 Å². The minimum atomic E-state index is -1.53. The van der Waals surface area contributed by atoms with E-state index in [1.807, 2.05) is 20.8 Å². The number of likely N-dealkylation sites (N-methyl/N-ethyl adjacent to an activating group) is 1. The van der Waals surface area contributed by atoms with Crippen LogP contribution in [0.15, 0.2) is 6.07 Å². The molecule has 1 N–H and O–H groups in total. The summed E-state index contributed by atoms with van der Waals surface area (Å²) in [7, 11) is 1.66. The maximum atomic E-state index is 13.4. The minimum Gasteiger partial charge on any atom is -0.486 e. The van der Waals surface area contributed by atoms with Crippen molar-refractivity contribution in [3.63, 3.8) is 0 Å². The smallest absolute Gasteiger partial charge is 0.203 e. The lowest BCUT2D eigenvalue weighted by Gasteiger charge is -2.30. The van der Waals surface area contributed by atoms with Crippen LogP contribution in [0, 0.1) is 28.7 Å². The molecule has 1 unspecified atom stereocenters. The average Bonchev–Trinajstić information content (AvgIpc) is 2.29. The van der Waals surface area contributed by atoms with Gasteiger partial charge in [-0.1, -0.05) is 20.8 Å². The monoisotopic (exact) mass is 279 g/mol. The van der Waals surface area contributed by atoms with Gasteiger partial charge in [-0.2, -0.15) is 8.78 Å². The molecule has 0 aromatic heterocycles. The van der Waals surface area contributed by atoms with Crippen molar-refractivity contribution in [1.82, 2.24) is 5.32 Å². The average molecular weight is 279 g/mol. The molecule has 19 heavy (non-hydrogen) atoms. The van der Waals surface area contributed by atoms with Crippen LogP contribution in [0.1, 0.15) is 20.8 Å². The van der Waals surface area contributed by atoms with Crippen molar-refractivity contribution in [2.45, 2.75) is 26.8 Å². The normalized spacial score (nSPS) is 13.5. The third-order valence-corrected chi connectivity index (χ3v) is 2.86. The molecule has 0 bridgehead atoms. The summed E-state index contributed by atoms with van der Waals surface area (Å²) in [6, 6.07) is -0.0887. The molecule has 0 heterocycles. The van der Waals surface area contributed by atoms with E-state index >= 15 is 0 Å². The summed E-state index contributed by atoms with van der Waals surface area (Å²) in [5, 5.41) is 2.92. The molecule has 0 radical (unpaired) electrons. The van der Waals surface area contributed by atoms with Crippen LogP contribution in [-0.2, 0) is 0 Å². The van der Waals surface area contributed by atoms with Crippen molar-refractivity contribution in [1.29, 1.82) is 0 Å². The van der Waals surface area contributed by atoms with Crippen LogP contribution in [-0.4, -0.2) is 19.7 Å². The molecule has 0 saturated heterocycles. The highest BCUT2D eigenvalue weighted by Crippen LogP contribution is 2.27. The Kier molecular flexibility index (Phi) is 4.79. The number of hydrogen-bond donors (Lipinski definition) is 1. The molecule has 1 aromatic rings. The highest BCUT2D eigenvalue weighted by atomic mass is 19.2. The van der Waals surface area contributed by atoms with Crippen LogP contribution in [0.2, 0.25) is 0 Å². The Morgan fingerprint density at radius 3 is 1.95 bits per heavy atom. The molecule has 0 spiro atoms. The maximum Gasteiger partial charge on any atom is 0.203 e. The first kappa shape index (κ1) is 15.8. The van der Waals surface area contributed by atoms with Gasteiger partial charge < -0.3 is 10.1 Å². The van der Waals surface area contributed by atoms with Gasteiger partial charge in [0.1, 0.15) is 6.61 Å². The van der Waals surface area contributed by atoms with Gasteiger partial charge in [-0.15, -0.1) is 0 Å². The van der Waals surface area contributed by atoms with Gasteiger partial charge in [-0.3, -0.25) is 0 Å². The zero-order valence-corrected chi connectivity index (χ0v) is 11.3. The fourth-order valence-corrected chi connectivity index (χ4v) is 1.61. The highest BCUT2D eigenvalue weighted by Gasteiger charge is 2.26. The Morgan fingerprint density at radius 2 is 1.58 bits per heavy atom. The molecule has 0 aliphatic heterocycles. The van der Waals surface area contributed by atoms with Gasteiger partial charge >= 0.3 is 0 Å². The number of hydrogen-bond acceptors (Lipinski definition) is 2. The van der Waals surface area contributed by atoms with Crippen LogP contribution in [0.5, 0.6) is 5.75 Å². The van der Waals surface area contributed by atoms with Crippen molar-refractivity contribution in [3.05, 3.63) is 29.3 Å². The van der Waals surface area contributed by atoms with E-state index in [0.717, 1.165) is 0 Å². The lowest BCUT2D eigenvalue weighted by Crippen LogP contribution is -2.42. The van der Waals surface area contributed by atoms with Crippen molar-refractivity contribution in [2.75, 3.05) is 13.7 Å². The van der Waals surface area contributed by atoms with Crippen molar-refractivity contribution >= 4 is 0 Å². The molecule has 1 aromatic carbocycles. The molecule has 0 fully saturated rings. The number of nitrogens with one attached hydrogen (secondary N) is 1. The van der Waals surface area contributed by atoms with Gasteiger partial charge in [-0.25, -0.2) is 8.78 Å². The molecule has 0 saturated carbocycles. The molecular weight excluding hydrogens is 262 g/mol. The number of ether oxygens (including phenoxy) is 1. The predicted molar refractivity (Wildman–Crippen MR) is 64.1 cm³/mol. The van der Waals surface area contributed by atoms with E-state index < -0.39 is 29.0 Å². The molecule has 6 heteroatoms. The van der Waals surface area contributed by atoms with Crippen LogP contribution < -0.4 is 10.1 Å². The van der Waals surface area contributed by atoms with E-state index in [1.54, 1.807) is 7.05 Å². The topological polar surface area (TPSA) is 21.3 Å². The summed E-state index contributed by atoms with van der Waals surface area (Å²) in [6.45, 7) is 5.58. The SMILES string of the molecule is CNC(COc1c(F)c(F)cc(F)c1F)C(C)(C)C. The fourth-order valence-electron chi connectivity index (χ4n) is 1.61. The quantitative estimate of drug-likeness (QED) is 0.674. The Morgan fingerprint density at radius 1 is 1.11 bits per heavy atom. The zero-order chi connectivity index (χ0) is 14.8. The first-order valence-electron chi connectivity index (χ1n) is 5.81. The Balaban J connectivity index is 2.95. The standard InChI is InChI=1S/C13H17F4NO/c1-13(2,3)9(18-4)6-19-12-10(16)7(14)5-8(15)11(12)17/h5,9,18H,6H2,1-4H3.